The van der Waals surface area contributed by atoms with Crippen molar-refractivity contribution in [3.05, 3.63) is 101 Å². The Kier molecular flexibility index (Phi) is 10.3. The lowest BCUT2D eigenvalue weighted by molar-refractivity contribution is -0.140. The average molecular weight is 598 g/mol. The average Bonchev–Trinajstić information content (AvgIpc) is 2.89. The van der Waals surface area contributed by atoms with Crippen LogP contribution in [0.4, 0.5) is 5.69 Å². The quantitative estimate of drug-likeness (QED) is 0.318. The number of carbonyl (C=O) groups excluding carboxylic acids is 3. The molecule has 0 fully saturated rings. The number of halogens is 1. The summed E-state index contributed by atoms with van der Waals surface area (Å²) in [5, 5.41) is 3.50. The molecule has 0 aliphatic heterocycles. The van der Waals surface area contributed by atoms with Gasteiger partial charge in [-0.25, -0.2) is 8.42 Å². The molecule has 0 bridgehead atoms. The molecule has 0 spiro atoms. The second kappa shape index (κ2) is 13.3. The summed E-state index contributed by atoms with van der Waals surface area (Å²) in [4.78, 5) is 41.2. The van der Waals surface area contributed by atoms with E-state index < -0.39 is 34.1 Å². The van der Waals surface area contributed by atoms with E-state index in [2.05, 4.69) is 5.32 Å². The molecular weight excluding hydrogens is 562 g/mol. The molecule has 10 heteroatoms. The largest absolute Gasteiger partial charge is 0.350 e. The molecule has 0 aliphatic carbocycles. The van der Waals surface area contributed by atoms with Gasteiger partial charge < -0.3 is 10.2 Å². The van der Waals surface area contributed by atoms with Gasteiger partial charge in [-0.15, -0.1) is 0 Å². The van der Waals surface area contributed by atoms with Crippen LogP contribution in [0.15, 0.2) is 78.9 Å². The third-order valence-electron chi connectivity index (χ3n) is 6.26. The summed E-state index contributed by atoms with van der Waals surface area (Å²) in [6.07, 6.45) is 1.21. The number of Topliss-reactive ketones (excluding diaryl/α,β-unsaturated/α-hetero) is 1. The maximum atomic E-state index is 14.1. The van der Waals surface area contributed by atoms with Crippen LogP contribution in [0.1, 0.15) is 49.2 Å². The first-order valence-electron chi connectivity index (χ1n) is 13.1. The Hall–Kier alpha value is -3.69. The smallest absolute Gasteiger partial charge is 0.244 e. The molecular formula is C31H36ClN3O5S. The summed E-state index contributed by atoms with van der Waals surface area (Å²) in [5.74, 6) is -1.19. The third kappa shape index (κ3) is 9.43. The van der Waals surface area contributed by atoms with Gasteiger partial charge >= 0.3 is 0 Å². The van der Waals surface area contributed by atoms with Crippen molar-refractivity contribution in [2.75, 3.05) is 17.1 Å². The first-order chi connectivity index (χ1) is 19.1. The van der Waals surface area contributed by atoms with Crippen molar-refractivity contribution in [3.8, 4) is 0 Å². The molecule has 1 unspecified atom stereocenters. The highest BCUT2D eigenvalue weighted by Crippen LogP contribution is 2.22. The molecule has 1 N–H and O–H groups in total. The molecule has 2 amide bonds. The lowest BCUT2D eigenvalue weighted by atomic mass is 10.0. The van der Waals surface area contributed by atoms with Gasteiger partial charge in [0.05, 0.1) is 11.9 Å². The molecule has 41 heavy (non-hydrogen) atoms. The van der Waals surface area contributed by atoms with Crippen LogP contribution in [0, 0.1) is 0 Å². The summed E-state index contributed by atoms with van der Waals surface area (Å²) in [6.45, 7) is 6.40. The maximum Gasteiger partial charge on any atom is 0.244 e. The Morgan fingerprint density at radius 1 is 0.902 bits per heavy atom. The van der Waals surface area contributed by atoms with Crippen LogP contribution in [-0.4, -0.2) is 55.3 Å². The lowest BCUT2D eigenvalue weighted by Gasteiger charge is -2.35. The first-order valence-corrected chi connectivity index (χ1v) is 15.4. The van der Waals surface area contributed by atoms with E-state index >= 15 is 0 Å². The number of anilines is 1. The van der Waals surface area contributed by atoms with Crippen LogP contribution in [0.3, 0.4) is 0 Å². The van der Waals surface area contributed by atoms with Crippen LogP contribution in [0.2, 0.25) is 5.02 Å². The number of benzene rings is 3. The highest BCUT2D eigenvalue weighted by molar-refractivity contribution is 7.92. The summed E-state index contributed by atoms with van der Waals surface area (Å²) < 4.78 is 26.8. The van der Waals surface area contributed by atoms with Crippen LogP contribution < -0.4 is 9.62 Å². The Bertz CT molecular complexity index is 1490. The number of hydrogen-bond acceptors (Lipinski definition) is 5. The van der Waals surface area contributed by atoms with Gasteiger partial charge in [0, 0.05) is 29.1 Å². The summed E-state index contributed by atoms with van der Waals surface area (Å²) >= 11 is 6.08. The second-order valence-electron chi connectivity index (χ2n) is 11.0. The van der Waals surface area contributed by atoms with Crippen molar-refractivity contribution in [3.63, 3.8) is 0 Å². The van der Waals surface area contributed by atoms with E-state index in [0.717, 1.165) is 16.1 Å². The third-order valence-corrected chi connectivity index (χ3v) is 7.65. The van der Waals surface area contributed by atoms with Gasteiger partial charge in [0.1, 0.15) is 12.6 Å². The summed E-state index contributed by atoms with van der Waals surface area (Å²) in [6, 6.07) is 21.4. The molecule has 3 rings (SSSR count). The molecule has 0 saturated carbocycles. The number of nitrogens with zero attached hydrogens (tertiary/aromatic N) is 2. The number of nitrogens with one attached hydrogen (secondary N) is 1. The van der Waals surface area contributed by atoms with Gasteiger partial charge in [-0.2, -0.15) is 0 Å². The van der Waals surface area contributed by atoms with Crippen molar-refractivity contribution in [2.45, 2.75) is 52.2 Å². The molecule has 0 radical (unpaired) electrons. The Balaban J connectivity index is 2.09. The van der Waals surface area contributed by atoms with E-state index in [4.69, 9.17) is 11.6 Å². The van der Waals surface area contributed by atoms with E-state index in [-0.39, 0.29) is 30.3 Å². The Labute approximate surface area is 247 Å². The monoisotopic (exact) mass is 597 g/mol. The molecule has 3 aromatic rings. The maximum absolute atomic E-state index is 14.1. The van der Waals surface area contributed by atoms with Crippen LogP contribution >= 0.6 is 11.6 Å². The summed E-state index contributed by atoms with van der Waals surface area (Å²) in [7, 11) is -3.94. The Morgan fingerprint density at radius 2 is 1.54 bits per heavy atom. The zero-order valence-corrected chi connectivity index (χ0v) is 25.5. The van der Waals surface area contributed by atoms with Gasteiger partial charge in [0.15, 0.2) is 5.78 Å². The van der Waals surface area contributed by atoms with Crippen molar-refractivity contribution >= 4 is 44.9 Å². The second-order valence-corrected chi connectivity index (χ2v) is 13.3. The molecule has 218 valence electrons. The predicted molar refractivity (Wildman–Crippen MR) is 162 cm³/mol. The topological polar surface area (TPSA) is 104 Å². The normalized spacial score (nSPS) is 12.3. The fourth-order valence-corrected chi connectivity index (χ4v) is 5.25. The fraction of sp³-hybridized carbons (Fsp3) is 0.323. The number of hydrogen-bond donors (Lipinski definition) is 1. The van der Waals surface area contributed by atoms with Crippen molar-refractivity contribution < 1.29 is 22.8 Å². The van der Waals surface area contributed by atoms with Gasteiger partial charge in [-0.05, 0) is 63.1 Å². The lowest BCUT2D eigenvalue weighted by Crippen LogP contribution is -2.56. The molecule has 1 atom stereocenters. The number of amides is 2. The minimum Gasteiger partial charge on any atom is -0.350 e. The van der Waals surface area contributed by atoms with Gasteiger partial charge in [-0.1, -0.05) is 66.2 Å². The predicted octanol–water partition coefficient (Wildman–Crippen LogP) is 4.86. The number of rotatable bonds is 11. The first kappa shape index (κ1) is 31.8. The van der Waals surface area contributed by atoms with E-state index in [1.807, 2.05) is 51.1 Å². The van der Waals surface area contributed by atoms with E-state index in [0.29, 0.717) is 16.1 Å². The minimum atomic E-state index is -3.94. The fourth-order valence-electron chi connectivity index (χ4n) is 4.29. The van der Waals surface area contributed by atoms with Gasteiger partial charge in [0.2, 0.25) is 21.8 Å². The highest BCUT2D eigenvalue weighted by atomic mass is 35.5. The van der Waals surface area contributed by atoms with Crippen molar-refractivity contribution in [1.29, 1.82) is 0 Å². The SMILES string of the molecule is CC(=O)c1cccc(N(CC(=O)N(Cc2ccc(Cl)cc2)C(Cc2ccccc2)C(=O)NC(C)(C)C)S(C)(=O)=O)c1. The zero-order chi connectivity index (χ0) is 30.4. The molecule has 0 aromatic heterocycles. The van der Waals surface area contributed by atoms with Gasteiger partial charge in [-0.3, -0.25) is 18.7 Å². The van der Waals surface area contributed by atoms with E-state index in [9.17, 15) is 22.8 Å². The number of carbonyl (C=O) groups is 3. The molecule has 0 aliphatic rings. The number of ketones is 1. The van der Waals surface area contributed by atoms with Crippen molar-refractivity contribution in [1.82, 2.24) is 10.2 Å². The molecule has 0 saturated heterocycles. The summed E-state index contributed by atoms with van der Waals surface area (Å²) in [5.41, 5.74) is 1.47. The van der Waals surface area contributed by atoms with Gasteiger partial charge in [0.25, 0.3) is 0 Å². The van der Waals surface area contributed by atoms with Crippen LogP contribution in [0.5, 0.6) is 0 Å². The molecule has 8 nitrogen and oxygen atoms in total. The Morgan fingerprint density at radius 3 is 2.10 bits per heavy atom. The zero-order valence-electron chi connectivity index (χ0n) is 23.9. The van der Waals surface area contributed by atoms with Crippen molar-refractivity contribution in [2.24, 2.45) is 0 Å². The standard InChI is InChI=1S/C31H36ClN3O5S/c1-22(36)25-12-9-13-27(19-25)35(41(5,39)40)21-29(37)34(20-24-14-16-26(32)17-15-24)28(30(38)33-31(2,3)4)18-23-10-7-6-8-11-23/h6-17,19,28H,18,20-21H2,1-5H3,(H,33,38). The number of sulfonamides is 1. The van der Waals surface area contributed by atoms with Crippen LogP contribution in [-0.2, 0) is 32.6 Å². The highest BCUT2D eigenvalue weighted by Gasteiger charge is 2.34. The van der Waals surface area contributed by atoms with Crippen LogP contribution in [0.25, 0.3) is 0 Å². The molecule has 3 aromatic carbocycles. The van der Waals surface area contributed by atoms with E-state index in [1.54, 1.807) is 36.4 Å². The van der Waals surface area contributed by atoms with E-state index in [1.165, 1.54) is 24.0 Å². The minimum absolute atomic E-state index is 0.0379. The molecule has 0 heterocycles.